The maximum absolute atomic E-state index is 12.4. The number of nitrogens with zero attached hydrogens (tertiary/aromatic N) is 2. The minimum absolute atomic E-state index is 0.0180. The number of rotatable bonds is 3. The van der Waals surface area contributed by atoms with Gasteiger partial charge in [0.15, 0.2) is 0 Å². The van der Waals surface area contributed by atoms with E-state index < -0.39 is 12.7 Å². The summed E-state index contributed by atoms with van der Waals surface area (Å²) in [6.07, 6.45) is 2.41. The van der Waals surface area contributed by atoms with Crippen molar-refractivity contribution in [3.8, 4) is 0 Å². The lowest BCUT2D eigenvalue weighted by Crippen LogP contribution is -2.38. The van der Waals surface area contributed by atoms with Crippen LogP contribution in [0.25, 0.3) is 0 Å². The molecule has 1 N–H and O–H groups in total. The van der Waals surface area contributed by atoms with E-state index in [1.54, 1.807) is 0 Å². The van der Waals surface area contributed by atoms with Crippen molar-refractivity contribution in [3.63, 3.8) is 0 Å². The molecule has 0 aliphatic heterocycles. The molecule has 116 valence electrons. The second-order valence-corrected chi connectivity index (χ2v) is 5.93. The summed E-state index contributed by atoms with van der Waals surface area (Å²) in [5.41, 5.74) is 1.43. The maximum Gasteiger partial charge on any atom is 0.408 e. The fourth-order valence-electron chi connectivity index (χ4n) is 2.96. The summed E-state index contributed by atoms with van der Waals surface area (Å²) in [6.45, 7) is -1.08. The van der Waals surface area contributed by atoms with E-state index >= 15 is 0 Å². The van der Waals surface area contributed by atoms with Gasteiger partial charge in [-0.3, -0.25) is 9.48 Å². The third kappa shape index (κ3) is 3.22. The highest BCUT2D eigenvalue weighted by molar-refractivity contribution is 5.79. The average molecular weight is 301 g/mol. The Kier molecular flexibility index (Phi) is 3.67. The fraction of sp³-hybridized carbons (Fsp3) is 0.714. The molecule has 1 amide bonds. The minimum atomic E-state index is -4.28. The van der Waals surface area contributed by atoms with Gasteiger partial charge in [-0.25, -0.2) is 0 Å². The van der Waals surface area contributed by atoms with Gasteiger partial charge in [-0.1, -0.05) is 6.42 Å². The first-order valence-electron chi connectivity index (χ1n) is 7.36. The van der Waals surface area contributed by atoms with Gasteiger partial charge in [0.2, 0.25) is 5.91 Å². The number of nitrogens with one attached hydrogen (secondary N) is 1. The van der Waals surface area contributed by atoms with Crippen LogP contribution in [0.1, 0.15) is 49.4 Å². The van der Waals surface area contributed by atoms with Crippen LogP contribution < -0.4 is 5.32 Å². The van der Waals surface area contributed by atoms with Crippen molar-refractivity contribution in [2.75, 3.05) is 0 Å². The lowest BCUT2D eigenvalue weighted by atomic mass is 9.84. The molecule has 2 aliphatic rings. The molecule has 1 aromatic heterocycles. The van der Waals surface area contributed by atoms with E-state index in [0.29, 0.717) is 5.69 Å². The molecule has 0 spiro atoms. The van der Waals surface area contributed by atoms with E-state index in [2.05, 4.69) is 10.4 Å². The van der Waals surface area contributed by atoms with E-state index in [9.17, 15) is 18.0 Å². The van der Waals surface area contributed by atoms with Crippen molar-refractivity contribution in [2.24, 2.45) is 5.92 Å². The summed E-state index contributed by atoms with van der Waals surface area (Å²) in [5, 5.41) is 7.01. The molecule has 2 aliphatic carbocycles. The largest absolute Gasteiger partial charge is 0.408 e. The van der Waals surface area contributed by atoms with Crippen molar-refractivity contribution in [2.45, 2.75) is 57.3 Å². The Bertz CT molecular complexity index is 534. The predicted molar refractivity (Wildman–Crippen MR) is 69.4 cm³/mol. The number of halogens is 3. The van der Waals surface area contributed by atoms with E-state index in [1.807, 2.05) is 0 Å². The quantitative estimate of drug-likeness (QED) is 0.933. The molecule has 3 rings (SSSR count). The Hall–Kier alpha value is -1.53. The molecule has 0 saturated heterocycles. The van der Waals surface area contributed by atoms with Crippen LogP contribution in [0, 0.1) is 5.92 Å². The van der Waals surface area contributed by atoms with Gasteiger partial charge in [0.25, 0.3) is 0 Å². The Labute approximate surface area is 120 Å². The van der Waals surface area contributed by atoms with Crippen LogP contribution in [0.3, 0.4) is 0 Å². The zero-order valence-electron chi connectivity index (χ0n) is 11.6. The monoisotopic (exact) mass is 301 g/mol. The molecule has 7 heteroatoms. The fourth-order valence-corrected chi connectivity index (χ4v) is 2.96. The molecule has 21 heavy (non-hydrogen) atoms. The van der Waals surface area contributed by atoms with Crippen molar-refractivity contribution >= 4 is 5.91 Å². The molecule has 0 aromatic carbocycles. The van der Waals surface area contributed by atoms with E-state index in [4.69, 9.17) is 0 Å². The Morgan fingerprint density at radius 2 is 2.10 bits per heavy atom. The molecule has 0 unspecified atom stereocenters. The average Bonchev–Trinajstić information content (AvgIpc) is 2.67. The van der Waals surface area contributed by atoms with Crippen LogP contribution in [-0.2, 0) is 17.8 Å². The summed E-state index contributed by atoms with van der Waals surface area (Å²) in [7, 11) is 0. The number of carbonyl (C=O) groups excluding carboxylic acids is 1. The van der Waals surface area contributed by atoms with Crippen molar-refractivity contribution in [1.82, 2.24) is 15.1 Å². The number of alkyl halides is 3. The van der Waals surface area contributed by atoms with Gasteiger partial charge in [-0.2, -0.15) is 18.3 Å². The number of fused-ring (bicyclic) bond motifs is 1. The van der Waals surface area contributed by atoms with Gasteiger partial charge in [0.1, 0.15) is 6.54 Å². The lowest BCUT2D eigenvalue weighted by molar-refractivity contribution is -0.142. The van der Waals surface area contributed by atoms with Gasteiger partial charge >= 0.3 is 6.18 Å². The van der Waals surface area contributed by atoms with Crippen molar-refractivity contribution in [1.29, 1.82) is 0 Å². The van der Waals surface area contributed by atoms with E-state index in [0.717, 1.165) is 48.8 Å². The third-order valence-corrected chi connectivity index (χ3v) is 4.27. The highest BCUT2D eigenvalue weighted by Gasteiger charge is 2.33. The van der Waals surface area contributed by atoms with Gasteiger partial charge in [-0.05, 0) is 37.7 Å². The summed E-state index contributed by atoms with van der Waals surface area (Å²) in [5.74, 6) is 0.0945. The normalized spacial score (nSPS) is 22.5. The predicted octanol–water partition coefficient (Wildman–Crippen LogP) is 2.74. The summed E-state index contributed by atoms with van der Waals surface area (Å²) < 4.78 is 38.3. The number of hydrogen-bond acceptors (Lipinski definition) is 2. The molecule has 1 saturated carbocycles. The van der Waals surface area contributed by atoms with Crippen LogP contribution in [0.4, 0.5) is 13.2 Å². The Morgan fingerprint density at radius 1 is 1.33 bits per heavy atom. The number of aromatic nitrogens is 2. The zero-order valence-corrected chi connectivity index (χ0v) is 11.6. The molecular weight excluding hydrogens is 283 g/mol. The zero-order chi connectivity index (χ0) is 15.0. The van der Waals surface area contributed by atoms with Crippen LogP contribution in [0.15, 0.2) is 6.20 Å². The minimum Gasteiger partial charge on any atom is -0.347 e. The third-order valence-electron chi connectivity index (χ3n) is 4.27. The maximum atomic E-state index is 12.4. The van der Waals surface area contributed by atoms with E-state index in [-0.39, 0.29) is 17.9 Å². The second kappa shape index (κ2) is 5.35. The van der Waals surface area contributed by atoms with Gasteiger partial charge in [0, 0.05) is 12.1 Å². The number of hydrogen-bond donors (Lipinski definition) is 1. The molecule has 1 fully saturated rings. The van der Waals surface area contributed by atoms with Gasteiger partial charge in [0.05, 0.1) is 11.7 Å². The number of amides is 1. The summed E-state index contributed by atoms with van der Waals surface area (Å²) in [6, 6.07) is -0.240. The van der Waals surface area contributed by atoms with Crippen molar-refractivity contribution in [3.05, 3.63) is 17.5 Å². The lowest BCUT2D eigenvalue weighted by Gasteiger charge is -2.28. The molecule has 1 aromatic rings. The molecule has 0 bridgehead atoms. The molecule has 0 radical (unpaired) electrons. The number of aryl methyl sites for hydroxylation is 1. The van der Waals surface area contributed by atoms with Crippen LogP contribution >= 0.6 is 0 Å². The van der Waals surface area contributed by atoms with Crippen LogP contribution in [0.2, 0.25) is 0 Å². The highest BCUT2D eigenvalue weighted by Crippen LogP contribution is 2.32. The molecule has 1 heterocycles. The molecule has 4 nitrogen and oxygen atoms in total. The SMILES string of the molecule is O=C(N[C@@H]1CCCc2cn(CC(F)(F)F)nc21)C1CCC1. The standard InChI is InChI=1S/C14H18F3N3O/c15-14(16,17)8-20-7-10-5-2-6-11(12(10)19-20)18-13(21)9-3-1-4-9/h7,9,11H,1-6,8H2,(H,18,21)/t11-/m1/s1. The van der Waals surface area contributed by atoms with Crippen LogP contribution in [-0.4, -0.2) is 21.9 Å². The topological polar surface area (TPSA) is 46.9 Å². The highest BCUT2D eigenvalue weighted by atomic mass is 19.4. The first kappa shape index (κ1) is 14.4. The van der Waals surface area contributed by atoms with Gasteiger partial charge < -0.3 is 5.32 Å². The Balaban J connectivity index is 1.72. The van der Waals surface area contributed by atoms with E-state index in [1.165, 1.54) is 6.20 Å². The molecular formula is C14H18F3N3O. The summed E-state index contributed by atoms with van der Waals surface area (Å²) in [4.78, 5) is 12.0. The summed E-state index contributed by atoms with van der Waals surface area (Å²) >= 11 is 0. The van der Waals surface area contributed by atoms with Gasteiger partial charge in [-0.15, -0.1) is 0 Å². The second-order valence-electron chi connectivity index (χ2n) is 5.93. The smallest absolute Gasteiger partial charge is 0.347 e. The van der Waals surface area contributed by atoms with Crippen molar-refractivity contribution < 1.29 is 18.0 Å². The molecule has 1 atom stereocenters. The van der Waals surface area contributed by atoms with Crippen LogP contribution in [0.5, 0.6) is 0 Å². The Morgan fingerprint density at radius 3 is 2.71 bits per heavy atom. The number of carbonyl (C=O) groups is 1. The first-order valence-corrected chi connectivity index (χ1v) is 7.36. The first-order chi connectivity index (χ1) is 9.92.